The van der Waals surface area contributed by atoms with Crippen LogP contribution >= 0.6 is 0 Å². The quantitative estimate of drug-likeness (QED) is 0.822. The van der Waals surface area contributed by atoms with E-state index in [4.69, 9.17) is 10.00 Å². The molecule has 1 amide bonds. The number of rotatable bonds is 3. The van der Waals surface area contributed by atoms with Gasteiger partial charge in [-0.05, 0) is 70.7 Å². The highest BCUT2D eigenvalue weighted by molar-refractivity contribution is 5.82. The SMILES string of the molecule is Cn1c(CC[C@@H]2CCCN2C(=O)OC(C)(C)C)cc2cc(C#N)ccc21. The van der Waals surface area contributed by atoms with Crippen molar-refractivity contribution in [3.8, 4) is 6.07 Å². The maximum atomic E-state index is 12.4. The summed E-state index contributed by atoms with van der Waals surface area (Å²) in [5.74, 6) is 0. The normalized spacial score (nSPS) is 17.5. The van der Waals surface area contributed by atoms with E-state index in [-0.39, 0.29) is 12.1 Å². The van der Waals surface area contributed by atoms with Crippen LogP contribution in [-0.2, 0) is 18.2 Å². The van der Waals surface area contributed by atoms with Crippen LogP contribution in [0.1, 0.15) is 51.3 Å². The van der Waals surface area contributed by atoms with Gasteiger partial charge in [0.25, 0.3) is 0 Å². The van der Waals surface area contributed by atoms with Crippen molar-refractivity contribution in [1.29, 1.82) is 5.26 Å². The Balaban J connectivity index is 1.70. The van der Waals surface area contributed by atoms with Gasteiger partial charge in [0.05, 0.1) is 11.6 Å². The fraction of sp³-hybridized carbons (Fsp3) is 0.524. The van der Waals surface area contributed by atoms with Gasteiger partial charge in [-0.2, -0.15) is 5.26 Å². The van der Waals surface area contributed by atoms with Crippen molar-refractivity contribution in [3.63, 3.8) is 0 Å². The third-order valence-electron chi connectivity index (χ3n) is 5.01. The van der Waals surface area contributed by atoms with Gasteiger partial charge in [-0.25, -0.2) is 4.79 Å². The van der Waals surface area contributed by atoms with Gasteiger partial charge in [-0.3, -0.25) is 0 Å². The summed E-state index contributed by atoms with van der Waals surface area (Å²) in [7, 11) is 2.06. The maximum Gasteiger partial charge on any atom is 0.410 e. The summed E-state index contributed by atoms with van der Waals surface area (Å²) in [5.41, 5.74) is 2.58. The number of fused-ring (bicyclic) bond motifs is 1. The molecule has 0 radical (unpaired) electrons. The zero-order valence-corrected chi connectivity index (χ0v) is 16.1. The summed E-state index contributed by atoms with van der Waals surface area (Å²) >= 11 is 0. The van der Waals surface area contributed by atoms with Crippen LogP contribution in [-0.4, -0.2) is 33.7 Å². The van der Waals surface area contributed by atoms with Crippen LogP contribution in [0.25, 0.3) is 10.9 Å². The van der Waals surface area contributed by atoms with Gasteiger partial charge in [-0.1, -0.05) is 0 Å². The fourth-order valence-corrected chi connectivity index (χ4v) is 3.73. The van der Waals surface area contributed by atoms with E-state index < -0.39 is 5.60 Å². The molecule has 5 heteroatoms. The molecule has 0 saturated carbocycles. The van der Waals surface area contributed by atoms with E-state index in [0.717, 1.165) is 43.1 Å². The highest BCUT2D eigenvalue weighted by atomic mass is 16.6. The second-order valence-electron chi connectivity index (χ2n) is 8.09. The summed E-state index contributed by atoms with van der Waals surface area (Å²) < 4.78 is 7.74. The van der Waals surface area contributed by atoms with Crippen molar-refractivity contribution in [1.82, 2.24) is 9.47 Å². The first-order chi connectivity index (χ1) is 12.3. The monoisotopic (exact) mass is 353 g/mol. The van der Waals surface area contributed by atoms with Crippen LogP contribution in [0.5, 0.6) is 0 Å². The summed E-state index contributed by atoms with van der Waals surface area (Å²) in [5, 5.41) is 10.2. The molecule has 5 nitrogen and oxygen atoms in total. The number of aromatic nitrogens is 1. The largest absolute Gasteiger partial charge is 0.444 e. The van der Waals surface area contributed by atoms with Gasteiger partial charge in [0.1, 0.15) is 5.60 Å². The molecule has 3 rings (SSSR count). The average molecular weight is 353 g/mol. The molecule has 0 bridgehead atoms. The van der Waals surface area contributed by atoms with E-state index in [1.807, 2.05) is 43.9 Å². The average Bonchev–Trinajstić information content (AvgIpc) is 3.16. The Hall–Kier alpha value is -2.48. The molecule has 26 heavy (non-hydrogen) atoms. The molecule has 2 heterocycles. The van der Waals surface area contributed by atoms with Gasteiger partial charge >= 0.3 is 6.09 Å². The lowest BCUT2D eigenvalue weighted by Gasteiger charge is -2.28. The van der Waals surface area contributed by atoms with Crippen molar-refractivity contribution < 1.29 is 9.53 Å². The first-order valence-electron chi connectivity index (χ1n) is 9.26. The lowest BCUT2D eigenvalue weighted by atomic mass is 10.1. The second kappa shape index (κ2) is 7.03. The van der Waals surface area contributed by atoms with E-state index in [9.17, 15) is 4.79 Å². The lowest BCUT2D eigenvalue weighted by molar-refractivity contribution is 0.0220. The summed E-state index contributed by atoms with van der Waals surface area (Å²) in [4.78, 5) is 14.3. The molecule has 0 unspecified atom stereocenters. The Morgan fingerprint density at radius 3 is 2.81 bits per heavy atom. The topological polar surface area (TPSA) is 58.3 Å². The predicted octanol–water partition coefficient (Wildman–Crippen LogP) is 4.38. The van der Waals surface area contributed by atoms with E-state index in [2.05, 4.69) is 23.8 Å². The number of carbonyl (C=O) groups is 1. The molecule has 2 aromatic rings. The predicted molar refractivity (Wildman–Crippen MR) is 102 cm³/mol. The Labute approximate surface area is 155 Å². The van der Waals surface area contributed by atoms with E-state index in [0.29, 0.717) is 5.56 Å². The van der Waals surface area contributed by atoms with Crippen LogP contribution in [0, 0.1) is 11.3 Å². The molecule has 1 aliphatic rings. The first-order valence-corrected chi connectivity index (χ1v) is 9.26. The molecule has 1 aromatic carbocycles. The van der Waals surface area contributed by atoms with Crippen molar-refractivity contribution in [2.45, 2.75) is 58.1 Å². The molecule has 1 fully saturated rings. The summed E-state index contributed by atoms with van der Waals surface area (Å²) in [6, 6.07) is 10.4. The minimum atomic E-state index is -0.460. The van der Waals surface area contributed by atoms with Gasteiger partial charge in [0.15, 0.2) is 0 Å². The van der Waals surface area contributed by atoms with Crippen molar-refractivity contribution in [2.24, 2.45) is 7.05 Å². The minimum Gasteiger partial charge on any atom is -0.444 e. The molecule has 138 valence electrons. The third kappa shape index (κ3) is 3.85. The van der Waals surface area contributed by atoms with Gasteiger partial charge in [-0.15, -0.1) is 0 Å². The second-order valence-corrected chi connectivity index (χ2v) is 8.09. The van der Waals surface area contributed by atoms with Crippen molar-refractivity contribution in [2.75, 3.05) is 6.54 Å². The number of nitriles is 1. The maximum absolute atomic E-state index is 12.4. The van der Waals surface area contributed by atoms with Crippen LogP contribution in [0.4, 0.5) is 4.79 Å². The molecular weight excluding hydrogens is 326 g/mol. The Morgan fingerprint density at radius 1 is 1.35 bits per heavy atom. The molecule has 1 aromatic heterocycles. The third-order valence-corrected chi connectivity index (χ3v) is 5.01. The van der Waals surface area contributed by atoms with Crippen molar-refractivity contribution >= 4 is 17.0 Å². The Morgan fingerprint density at radius 2 is 2.12 bits per heavy atom. The van der Waals surface area contributed by atoms with E-state index >= 15 is 0 Å². The number of hydrogen-bond donors (Lipinski definition) is 0. The number of benzene rings is 1. The molecule has 1 aliphatic heterocycles. The molecule has 0 N–H and O–H groups in total. The molecule has 0 spiro atoms. The van der Waals surface area contributed by atoms with Crippen LogP contribution in [0.15, 0.2) is 24.3 Å². The molecule has 1 saturated heterocycles. The highest BCUT2D eigenvalue weighted by Crippen LogP contribution is 2.26. The molecule has 1 atom stereocenters. The van der Waals surface area contributed by atoms with Crippen LogP contribution in [0.3, 0.4) is 0 Å². The highest BCUT2D eigenvalue weighted by Gasteiger charge is 2.31. The standard InChI is InChI=1S/C21H27N3O2/c1-21(2,3)26-20(25)24-11-5-6-17(24)8-9-18-13-16-12-15(14-22)7-10-19(16)23(18)4/h7,10,12-13,17H,5-6,8-9,11H2,1-4H3/t17-/m0/s1. The Bertz CT molecular complexity index is 854. The zero-order valence-electron chi connectivity index (χ0n) is 16.1. The van der Waals surface area contributed by atoms with Gasteiger partial charge in [0, 0.05) is 36.2 Å². The smallest absolute Gasteiger partial charge is 0.410 e. The fourth-order valence-electron chi connectivity index (χ4n) is 3.73. The molecule has 0 aliphatic carbocycles. The van der Waals surface area contributed by atoms with Crippen LogP contribution < -0.4 is 0 Å². The summed E-state index contributed by atoms with van der Waals surface area (Å²) in [6.07, 6.45) is 3.69. The number of nitrogens with zero attached hydrogens (tertiary/aromatic N) is 3. The Kier molecular flexibility index (Phi) is 4.95. The van der Waals surface area contributed by atoms with Crippen molar-refractivity contribution in [3.05, 3.63) is 35.5 Å². The number of ether oxygens (including phenoxy) is 1. The number of likely N-dealkylation sites (tertiary alicyclic amines) is 1. The zero-order chi connectivity index (χ0) is 18.9. The first kappa shape index (κ1) is 18.3. The van der Waals surface area contributed by atoms with Gasteiger partial charge in [0.2, 0.25) is 0 Å². The lowest BCUT2D eigenvalue weighted by Crippen LogP contribution is -2.40. The number of aryl methyl sites for hydroxylation is 2. The molecular formula is C21H27N3O2. The van der Waals surface area contributed by atoms with Gasteiger partial charge < -0.3 is 14.2 Å². The number of hydrogen-bond acceptors (Lipinski definition) is 3. The van der Waals surface area contributed by atoms with E-state index in [1.165, 1.54) is 5.69 Å². The van der Waals surface area contributed by atoms with Crippen LogP contribution in [0.2, 0.25) is 0 Å². The minimum absolute atomic E-state index is 0.198. The number of amides is 1. The van der Waals surface area contributed by atoms with E-state index in [1.54, 1.807) is 0 Å². The number of carbonyl (C=O) groups excluding carboxylic acids is 1. The summed E-state index contributed by atoms with van der Waals surface area (Å²) in [6.45, 7) is 6.49.